The summed E-state index contributed by atoms with van der Waals surface area (Å²) in [6, 6.07) is 11.5. The van der Waals surface area contributed by atoms with Crippen LogP contribution in [0.3, 0.4) is 0 Å². The third kappa shape index (κ3) is 3.89. The van der Waals surface area contributed by atoms with Crippen LogP contribution in [0.25, 0.3) is 0 Å². The number of hydrogen-bond donors (Lipinski definition) is 2. The fraction of sp³-hybridized carbons (Fsp3) is 0.125. The molecule has 0 atom stereocenters. The van der Waals surface area contributed by atoms with Crippen molar-refractivity contribution in [2.24, 2.45) is 0 Å². The summed E-state index contributed by atoms with van der Waals surface area (Å²) in [6.07, 6.45) is 2.64. The molecule has 3 aromatic rings. The zero-order chi connectivity index (χ0) is 16.1. The van der Waals surface area contributed by atoms with Crippen LogP contribution in [0.5, 0.6) is 0 Å². The Balaban J connectivity index is 0.00000208. The molecule has 0 saturated heterocycles. The summed E-state index contributed by atoms with van der Waals surface area (Å²) in [5, 5.41) is 15.9. The summed E-state index contributed by atoms with van der Waals surface area (Å²) in [7, 11) is 0. The minimum Gasteiger partial charge on any atom is -0.428 e. The quantitative estimate of drug-likeness (QED) is 0.461. The van der Waals surface area contributed by atoms with Crippen LogP contribution in [0.15, 0.2) is 41.8 Å². The van der Waals surface area contributed by atoms with Gasteiger partial charge in [0.2, 0.25) is 0 Å². The average molecular weight is 571 g/mol. The van der Waals surface area contributed by atoms with Crippen LogP contribution in [0.4, 0.5) is 10.9 Å². The molecule has 0 unspecified atom stereocenters. The maximum Gasteiger partial charge on any atom is 0.262 e. The molecule has 1 aromatic carbocycles. The van der Waals surface area contributed by atoms with Gasteiger partial charge >= 0.3 is 0 Å². The van der Waals surface area contributed by atoms with Crippen LogP contribution in [-0.4, -0.2) is 21.1 Å². The first kappa shape index (κ1) is 16.6. The molecular formula is C16H14CmN5OS-. The van der Waals surface area contributed by atoms with Crippen LogP contribution in [0, 0.1) is 13.1 Å². The van der Waals surface area contributed by atoms with Crippen molar-refractivity contribution in [3.05, 3.63) is 64.8 Å². The Bertz CT molecular complexity index is 792. The Morgan fingerprint density at radius 1 is 1.21 bits per heavy atom. The molecule has 0 spiro atoms. The predicted molar refractivity (Wildman–Crippen MR) is 89.4 cm³/mol. The van der Waals surface area contributed by atoms with Crippen molar-refractivity contribution in [2.45, 2.75) is 13.5 Å². The Labute approximate surface area is 137 Å². The SMILES string of the molecule is Cc1ccccc1CNc1ccc(C(=O)Nc2n[c-]cs2)nn1.[Cm]. The third-order valence-corrected chi connectivity index (χ3v) is 3.87. The van der Waals surface area contributed by atoms with Gasteiger partial charge in [-0.2, -0.15) is 0 Å². The molecule has 6 nitrogen and oxygen atoms in total. The van der Waals surface area contributed by atoms with E-state index in [-0.39, 0.29) is 11.6 Å². The van der Waals surface area contributed by atoms with E-state index in [0.717, 1.165) is 0 Å². The fourth-order valence-corrected chi connectivity index (χ4v) is 2.43. The second-order valence-corrected chi connectivity index (χ2v) is 5.68. The molecule has 124 valence electrons. The molecule has 2 aromatic heterocycles. The summed E-state index contributed by atoms with van der Waals surface area (Å²) in [6.45, 7) is 2.72. The van der Waals surface area contributed by atoms with Gasteiger partial charge in [-0.1, -0.05) is 29.6 Å². The molecule has 0 aliphatic heterocycles. The Hall–Kier alpha value is -3.80. The maximum atomic E-state index is 12.0. The number of carbonyl (C=O) groups is 1. The normalized spacial score (nSPS) is 9.88. The number of anilines is 2. The third-order valence-electron chi connectivity index (χ3n) is 3.23. The molecule has 2 heterocycles. The molecule has 0 saturated carbocycles. The van der Waals surface area contributed by atoms with Gasteiger partial charge in [-0.3, -0.25) is 4.79 Å². The summed E-state index contributed by atoms with van der Waals surface area (Å²) in [4.78, 5) is 15.8. The standard InChI is InChI=1S/C16H14N5OS.Cm/c1-11-4-2-3-5-12(11)10-18-14-7-6-13(20-21-14)15(22)19-16-17-8-9-23-16;/h2-7,9H,10H2,1H3,(H,18,21)(H,17,19,22);/q-1;. The van der Waals surface area contributed by atoms with Crippen molar-refractivity contribution in [3.8, 4) is 0 Å². The van der Waals surface area contributed by atoms with E-state index in [4.69, 9.17) is 0 Å². The van der Waals surface area contributed by atoms with Crippen LogP contribution < -0.4 is 10.6 Å². The molecule has 8 heteroatoms. The van der Waals surface area contributed by atoms with E-state index in [1.165, 1.54) is 22.5 Å². The van der Waals surface area contributed by atoms with E-state index >= 15 is 0 Å². The fourth-order valence-electron chi connectivity index (χ4n) is 1.95. The smallest absolute Gasteiger partial charge is 0.262 e. The zero-order valence-electron chi connectivity index (χ0n) is 12.8. The van der Waals surface area contributed by atoms with Gasteiger partial charge in [-0.05, 0) is 30.2 Å². The van der Waals surface area contributed by atoms with Gasteiger partial charge < -0.3 is 15.6 Å². The summed E-state index contributed by atoms with van der Waals surface area (Å²) in [5.41, 5.74) is 2.64. The number of aryl methyl sites for hydroxylation is 1. The second-order valence-electron chi connectivity index (χ2n) is 4.82. The maximum absolute atomic E-state index is 12.0. The van der Waals surface area contributed by atoms with Crippen molar-refractivity contribution in [1.82, 2.24) is 15.2 Å². The first-order chi connectivity index (χ1) is 11.2. The molecule has 3 rings (SSSR count). The number of nitrogens with zero attached hydrogens (tertiary/aromatic N) is 3. The van der Waals surface area contributed by atoms with E-state index in [0.29, 0.717) is 17.5 Å². The van der Waals surface area contributed by atoms with Gasteiger partial charge in [0.15, 0.2) is 0 Å². The first-order valence-electron chi connectivity index (χ1n) is 6.97. The van der Waals surface area contributed by atoms with Crippen LogP contribution in [0.2, 0.25) is 0 Å². The number of nitrogens with one attached hydrogen (secondary N) is 2. The second kappa shape index (κ2) is 7.46. The summed E-state index contributed by atoms with van der Waals surface area (Å²) < 4.78 is 0. The first-order valence-corrected chi connectivity index (χ1v) is 7.85. The van der Waals surface area contributed by atoms with E-state index in [2.05, 4.69) is 51.1 Å². The molecular weight excluding hydrogens is 557 g/mol. The number of amides is 1. The largest absolute Gasteiger partial charge is 0.428 e. The number of carbonyl (C=O) groups excluding carboxylic acids is 1. The molecule has 0 aliphatic carbocycles. The number of thiazole rings is 1. The van der Waals surface area contributed by atoms with Crippen molar-refractivity contribution in [1.29, 1.82) is 0 Å². The van der Waals surface area contributed by atoms with Crippen LogP contribution in [-0.2, 0) is 6.54 Å². The van der Waals surface area contributed by atoms with Crippen molar-refractivity contribution >= 4 is 28.2 Å². The Morgan fingerprint density at radius 2 is 2.04 bits per heavy atom. The molecule has 0 aliphatic rings. The van der Waals surface area contributed by atoms with E-state index < -0.39 is 0 Å². The minimum absolute atomic E-state index is 0. The topological polar surface area (TPSA) is 79.8 Å². The molecule has 24 heavy (non-hydrogen) atoms. The predicted octanol–water partition coefficient (Wildman–Crippen LogP) is 2.91. The number of benzene rings is 1. The molecule has 0 bridgehead atoms. The molecule has 0 fully saturated rings. The van der Waals surface area contributed by atoms with Crippen molar-refractivity contribution in [3.63, 3.8) is 0 Å². The summed E-state index contributed by atoms with van der Waals surface area (Å²) >= 11 is 1.30. The number of rotatable bonds is 5. The Morgan fingerprint density at radius 3 is 2.71 bits per heavy atom. The minimum atomic E-state index is -0.341. The number of hydrogen-bond acceptors (Lipinski definition) is 6. The summed E-state index contributed by atoms with van der Waals surface area (Å²) in [5.74, 6) is 0.277. The number of aromatic nitrogens is 3. The molecule has 2 N–H and O–H groups in total. The Kier molecular flexibility index (Phi) is 5.15. The van der Waals surface area contributed by atoms with Crippen molar-refractivity contribution in [2.75, 3.05) is 10.6 Å². The van der Waals surface area contributed by atoms with E-state index in [1.807, 2.05) is 12.1 Å². The van der Waals surface area contributed by atoms with E-state index in [1.54, 1.807) is 17.5 Å². The van der Waals surface area contributed by atoms with Gasteiger partial charge in [0.1, 0.15) is 11.5 Å². The van der Waals surface area contributed by atoms with Gasteiger partial charge in [-0.25, -0.2) is 11.3 Å². The molecule has 0 radical (unpaired) electrons. The van der Waals surface area contributed by atoms with E-state index in [9.17, 15) is 4.79 Å². The van der Waals surface area contributed by atoms with Gasteiger partial charge in [0.25, 0.3) is 5.91 Å². The van der Waals surface area contributed by atoms with Gasteiger partial charge in [-0.15, -0.1) is 16.4 Å². The van der Waals surface area contributed by atoms with Gasteiger partial charge in [0, 0.05) is 11.7 Å². The average Bonchev–Trinajstić information content (AvgIpc) is 3.07. The van der Waals surface area contributed by atoms with Crippen LogP contribution in [0.1, 0.15) is 21.6 Å². The molecule has 1 amide bonds. The zero-order valence-corrected chi connectivity index (χ0v) is 16.5. The van der Waals surface area contributed by atoms with Crippen LogP contribution >= 0.6 is 11.3 Å². The van der Waals surface area contributed by atoms with Crippen molar-refractivity contribution < 1.29 is 4.79 Å². The monoisotopic (exact) mass is 567 g/mol. The van der Waals surface area contributed by atoms with Gasteiger partial charge in [0.05, 0.1) is 0 Å².